The summed E-state index contributed by atoms with van der Waals surface area (Å²) in [5.41, 5.74) is 8.29. The molecule has 16 heteroatoms. The quantitative estimate of drug-likeness (QED) is 0.0981. The molecule has 14 nitrogen and oxygen atoms in total. The lowest BCUT2D eigenvalue weighted by molar-refractivity contribution is -0.147. The number of nitrogens with two attached hydrogens (primary N) is 1. The number of nitrogens with zero attached hydrogens (tertiary/aromatic N) is 4. The average molecular weight is 672 g/mol. The van der Waals surface area contributed by atoms with Crippen molar-refractivity contribution in [2.75, 3.05) is 12.3 Å². The second kappa shape index (κ2) is 15.1. The highest BCUT2D eigenvalue weighted by molar-refractivity contribution is 7.54. The molecule has 0 saturated carbocycles. The van der Waals surface area contributed by atoms with E-state index in [0.717, 1.165) is 11.1 Å². The van der Waals surface area contributed by atoms with Gasteiger partial charge in [-0.2, -0.15) is 0 Å². The van der Waals surface area contributed by atoms with Crippen molar-refractivity contribution in [1.29, 1.82) is 0 Å². The standard InChI is InChI=1S/C30H35ClN7O7P/c1-19(28(39)42-15-21-9-5-3-6-10-21)36-46(41,37-20(2)29(40)43-16-22-11-7-4-8-12-22)44-17-23-13-14-24(45-23)38-27-25(35-30(38)31)26(32)33-18-34-27/h3-12,18-20,23-24H,13-17H2,1-2H3,(H2,32,33,34)(H2,36,37,41)/t19-,20-,23-,24+/m0/s1. The van der Waals surface area contributed by atoms with Crippen LogP contribution in [0.3, 0.4) is 0 Å². The Labute approximate surface area is 270 Å². The molecule has 46 heavy (non-hydrogen) atoms. The molecule has 4 N–H and O–H groups in total. The maximum absolute atomic E-state index is 14.1. The van der Waals surface area contributed by atoms with Gasteiger partial charge in [-0.1, -0.05) is 60.7 Å². The molecule has 0 radical (unpaired) electrons. The van der Waals surface area contributed by atoms with Crippen LogP contribution in [-0.4, -0.2) is 56.3 Å². The Hall–Kier alpha value is -3.91. The van der Waals surface area contributed by atoms with E-state index in [1.165, 1.54) is 20.2 Å². The summed E-state index contributed by atoms with van der Waals surface area (Å²) in [4.78, 5) is 38.1. The van der Waals surface area contributed by atoms with Gasteiger partial charge >= 0.3 is 19.6 Å². The number of ether oxygens (including phenoxy) is 3. The van der Waals surface area contributed by atoms with Crippen molar-refractivity contribution in [1.82, 2.24) is 29.7 Å². The molecular weight excluding hydrogens is 637 g/mol. The number of imidazole rings is 1. The minimum atomic E-state index is -4.08. The zero-order valence-corrected chi connectivity index (χ0v) is 26.9. The van der Waals surface area contributed by atoms with Crippen molar-refractivity contribution < 1.29 is 32.9 Å². The highest BCUT2D eigenvalue weighted by Crippen LogP contribution is 2.41. The second-order valence-electron chi connectivity index (χ2n) is 10.7. The van der Waals surface area contributed by atoms with Crippen LogP contribution in [0.2, 0.25) is 5.28 Å². The number of carbonyl (C=O) groups excluding carboxylic acids is 2. The third-order valence-corrected chi connectivity index (χ3v) is 9.39. The van der Waals surface area contributed by atoms with Crippen LogP contribution in [-0.2, 0) is 46.1 Å². The van der Waals surface area contributed by atoms with E-state index >= 15 is 0 Å². The number of hydrogen-bond acceptors (Lipinski definition) is 11. The Morgan fingerprint density at radius 1 is 0.978 bits per heavy atom. The summed E-state index contributed by atoms with van der Waals surface area (Å²) in [7, 11) is -4.08. The molecule has 2 aromatic carbocycles. The molecular formula is C30H35ClN7O7P. The minimum Gasteiger partial charge on any atom is -0.460 e. The summed E-state index contributed by atoms with van der Waals surface area (Å²) in [6.07, 6.45) is 1.30. The molecule has 1 aliphatic heterocycles. The van der Waals surface area contributed by atoms with Gasteiger partial charge in [0.25, 0.3) is 0 Å². The molecule has 4 atom stereocenters. The highest BCUT2D eigenvalue weighted by Gasteiger charge is 2.36. The lowest BCUT2D eigenvalue weighted by Crippen LogP contribution is -2.42. The van der Waals surface area contributed by atoms with E-state index in [0.29, 0.717) is 24.0 Å². The molecule has 0 spiro atoms. The van der Waals surface area contributed by atoms with Crippen molar-refractivity contribution in [3.05, 3.63) is 83.4 Å². The summed E-state index contributed by atoms with van der Waals surface area (Å²) < 4.78 is 38.6. The van der Waals surface area contributed by atoms with Crippen LogP contribution in [0.25, 0.3) is 11.2 Å². The third kappa shape index (κ3) is 8.46. The summed E-state index contributed by atoms with van der Waals surface area (Å²) in [5.74, 6) is -1.13. The van der Waals surface area contributed by atoms with Crippen molar-refractivity contribution >= 4 is 48.2 Å². The van der Waals surface area contributed by atoms with Crippen LogP contribution in [0.15, 0.2) is 67.0 Å². The van der Waals surface area contributed by atoms with Gasteiger partial charge in [0.1, 0.15) is 37.9 Å². The van der Waals surface area contributed by atoms with E-state index in [9.17, 15) is 14.2 Å². The van der Waals surface area contributed by atoms with Gasteiger partial charge < -0.3 is 24.5 Å². The molecule has 3 heterocycles. The first-order valence-electron chi connectivity index (χ1n) is 14.6. The fraction of sp³-hybridized carbons (Fsp3) is 0.367. The van der Waals surface area contributed by atoms with Crippen LogP contribution in [0.4, 0.5) is 5.82 Å². The van der Waals surface area contributed by atoms with Crippen LogP contribution in [0, 0.1) is 0 Å². The van der Waals surface area contributed by atoms with Gasteiger partial charge in [-0.25, -0.2) is 25.1 Å². The number of nitrogen functional groups attached to an aromatic ring is 1. The average Bonchev–Trinajstić information content (AvgIpc) is 3.66. The molecule has 4 aromatic rings. The van der Waals surface area contributed by atoms with E-state index in [-0.39, 0.29) is 30.9 Å². The Bertz CT molecular complexity index is 1630. The monoisotopic (exact) mass is 671 g/mol. The fourth-order valence-electron chi connectivity index (χ4n) is 4.78. The first kappa shape index (κ1) is 33.5. The molecule has 1 aliphatic rings. The van der Waals surface area contributed by atoms with Crippen molar-refractivity contribution in [2.24, 2.45) is 0 Å². The Kier molecular flexibility index (Phi) is 11.0. The zero-order chi connectivity index (χ0) is 32.7. The second-order valence-corrected chi connectivity index (χ2v) is 12.9. The molecule has 5 rings (SSSR count). The maximum Gasteiger partial charge on any atom is 0.342 e. The third-order valence-electron chi connectivity index (χ3n) is 7.16. The topological polar surface area (TPSA) is 182 Å². The van der Waals surface area contributed by atoms with Crippen molar-refractivity contribution in [2.45, 2.75) is 64.3 Å². The first-order valence-corrected chi connectivity index (χ1v) is 16.6. The van der Waals surface area contributed by atoms with Gasteiger partial charge in [0.05, 0.1) is 12.7 Å². The molecule has 0 aliphatic carbocycles. The first-order chi connectivity index (χ1) is 22.1. The molecule has 1 saturated heterocycles. The zero-order valence-electron chi connectivity index (χ0n) is 25.2. The molecule has 0 bridgehead atoms. The van der Waals surface area contributed by atoms with Crippen LogP contribution in [0.1, 0.15) is 44.0 Å². The van der Waals surface area contributed by atoms with Gasteiger partial charge in [-0.05, 0) is 49.4 Å². The van der Waals surface area contributed by atoms with E-state index in [1.807, 2.05) is 60.7 Å². The summed E-state index contributed by atoms with van der Waals surface area (Å²) in [5, 5.41) is 5.55. The number of halogens is 1. The Balaban J connectivity index is 1.24. The summed E-state index contributed by atoms with van der Waals surface area (Å²) in [6, 6.07) is 16.2. The van der Waals surface area contributed by atoms with Gasteiger partial charge in [-0.15, -0.1) is 0 Å². The Morgan fingerprint density at radius 3 is 2.11 bits per heavy atom. The molecule has 1 fully saturated rings. The number of carbonyl (C=O) groups is 2. The van der Waals surface area contributed by atoms with E-state index < -0.39 is 44.0 Å². The van der Waals surface area contributed by atoms with Gasteiger partial charge in [0, 0.05) is 0 Å². The van der Waals surface area contributed by atoms with Crippen molar-refractivity contribution in [3.8, 4) is 0 Å². The SMILES string of the molecule is C[C@H](NP(=O)(N[C@@H](C)C(=O)OCc1ccccc1)OC[C@@H]1CC[C@H](n2c(Cl)nc3c(N)ncnc32)O1)C(=O)OCc1ccccc1. The molecule has 2 aromatic heterocycles. The molecule has 0 amide bonds. The molecule has 0 unspecified atom stereocenters. The van der Waals surface area contributed by atoms with E-state index in [2.05, 4.69) is 25.1 Å². The lowest BCUT2D eigenvalue weighted by atomic mass is 10.2. The number of anilines is 1. The number of esters is 2. The van der Waals surface area contributed by atoms with Crippen LogP contribution < -0.4 is 15.9 Å². The van der Waals surface area contributed by atoms with Gasteiger partial charge in [0.15, 0.2) is 17.0 Å². The van der Waals surface area contributed by atoms with E-state index in [4.69, 9.17) is 36.1 Å². The Morgan fingerprint density at radius 2 is 1.54 bits per heavy atom. The van der Waals surface area contributed by atoms with Crippen LogP contribution in [0.5, 0.6) is 0 Å². The normalized spacial score (nSPS) is 17.9. The summed E-state index contributed by atoms with van der Waals surface area (Å²) >= 11 is 6.39. The van der Waals surface area contributed by atoms with Crippen molar-refractivity contribution in [3.63, 3.8) is 0 Å². The fourth-order valence-corrected chi connectivity index (χ4v) is 6.88. The van der Waals surface area contributed by atoms with Crippen LogP contribution >= 0.6 is 19.3 Å². The number of fused-ring (bicyclic) bond motifs is 1. The number of hydrogen-bond donors (Lipinski definition) is 3. The van der Waals surface area contributed by atoms with E-state index in [1.54, 1.807) is 4.57 Å². The van der Waals surface area contributed by atoms with Gasteiger partial charge in [0.2, 0.25) is 5.28 Å². The number of benzene rings is 2. The highest BCUT2D eigenvalue weighted by atomic mass is 35.5. The van der Waals surface area contributed by atoms with Gasteiger partial charge in [-0.3, -0.25) is 18.7 Å². The number of aromatic nitrogens is 4. The maximum atomic E-state index is 14.1. The largest absolute Gasteiger partial charge is 0.460 e. The predicted molar refractivity (Wildman–Crippen MR) is 169 cm³/mol. The predicted octanol–water partition coefficient (Wildman–Crippen LogP) is 4.31. The minimum absolute atomic E-state index is 0.0336. The molecule has 244 valence electrons. The summed E-state index contributed by atoms with van der Waals surface area (Å²) in [6.45, 7) is 2.90. The lowest BCUT2D eigenvalue weighted by Gasteiger charge is -2.27. The number of nitrogens with one attached hydrogen (secondary N) is 2. The smallest absolute Gasteiger partial charge is 0.342 e. The number of rotatable bonds is 14.